The summed E-state index contributed by atoms with van der Waals surface area (Å²) in [6.07, 6.45) is 10.0. The third-order valence-corrected chi connectivity index (χ3v) is 7.54. The van der Waals surface area contributed by atoms with Crippen molar-refractivity contribution in [2.24, 2.45) is 0 Å². The summed E-state index contributed by atoms with van der Waals surface area (Å²) in [4.78, 5) is 0. The molecule has 0 spiro atoms. The lowest BCUT2D eigenvalue weighted by Crippen LogP contribution is -1.93. The summed E-state index contributed by atoms with van der Waals surface area (Å²) in [5.74, 6) is 0. The molecule has 0 heteroatoms. The lowest BCUT2D eigenvalue weighted by Gasteiger charge is -2.19. The van der Waals surface area contributed by atoms with Crippen LogP contribution in [-0.2, 0) is 0 Å². The van der Waals surface area contributed by atoms with E-state index in [0.717, 1.165) is 6.42 Å². The van der Waals surface area contributed by atoms with E-state index in [1.54, 1.807) is 0 Å². The summed E-state index contributed by atoms with van der Waals surface area (Å²) in [5.41, 5.74) is 7.82. The molecule has 0 aromatic heterocycles. The van der Waals surface area contributed by atoms with Gasteiger partial charge in [0.1, 0.15) is 0 Å². The maximum atomic E-state index is 2.40. The number of allylic oxidation sites excluding steroid dienone is 6. The van der Waals surface area contributed by atoms with Crippen LogP contribution in [0.25, 0.3) is 54.6 Å². The minimum absolute atomic E-state index is 0.903. The normalized spacial score (nSPS) is 13.5. The second kappa shape index (κ2) is 9.08. The van der Waals surface area contributed by atoms with Crippen molar-refractivity contribution in [3.05, 3.63) is 157 Å². The molecule has 37 heavy (non-hydrogen) atoms. The predicted molar refractivity (Wildman–Crippen MR) is 161 cm³/mol. The molecule has 0 nitrogen and oxygen atoms in total. The van der Waals surface area contributed by atoms with Gasteiger partial charge in [-0.2, -0.15) is 0 Å². The molecule has 0 atom stereocenters. The van der Waals surface area contributed by atoms with Gasteiger partial charge in [-0.15, -0.1) is 0 Å². The van der Waals surface area contributed by atoms with Crippen molar-refractivity contribution in [1.82, 2.24) is 0 Å². The zero-order valence-corrected chi connectivity index (χ0v) is 20.6. The van der Waals surface area contributed by atoms with E-state index < -0.39 is 0 Å². The topological polar surface area (TPSA) is 0 Å². The van der Waals surface area contributed by atoms with Crippen LogP contribution in [0, 0.1) is 0 Å². The van der Waals surface area contributed by atoms with Gasteiger partial charge in [-0.3, -0.25) is 0 Å². The van der Waals surface area contributed by atoms with Gasteiger partial charge in [-0.25, -0.2) is 0 Å². The van der Waals surface area contributed by atoms with Crippen molar-refractivity contribution in [1.29, 1.82) is 0 Å². The second-order valence-electron chi connectivity index (χ2n) is 9.65. The first-order chi connectivity index (χ1) is 18.4. The fraction of sp³-hybridized carbons (Fsp3) is 0.0270. The fourth-order valence-corrected chi connectivity index (χ4v) is 5.85. The first-order valence-corrected chi connectivity index (χ1v) is 12.9. The maximum Gasteiger partial charge on any atom is -0.00201 e. The molecule has 0 bridgehead atoms. The van der Waals surface area contributed by atoms with Crippen LogP contribution in [0.1, 0.15) is 17.5 Å². The van der Waals surface area contributed by atoms with Gasteiger partial charge in [0.05, 0.1) is 0 Å². The molecule has 0 heterocycles. The Morgan fingerprint density at radius 1 is 0.459 bits per heavy atom. The Labute approximate surface area is 217 Å². The Morgan fingerprint density at radius 2 is 1.03 bits per heavy atom. The smallest absolute Gasteiger partial charge is 0.00201 e. The first kappa shape index (κ1) is 21.6. The molecule has 0 unspecified atom stereocenters. The van der Waals surface area contributed by atoms with E-state index in [9.17, 15) is 0 Å². The van der Waals surface area contributed by atoms with Crippen molar-refractivity contribution in [3.8, 4) is 11.1 Å². The molecule has 1 aliphatic carbocycles. The Balaban J connectivity index is 1.50. The molecule has 0 saturated carbocycles. The third kappa shape index (κ3) is 3.70. The zero-order chi connectivity index (χ0) is 24.6. The Kier molecular flexibility index (Phi) is 5.30. The fourth-order valence-electron chi connectivity index (χ4n) is 5.85. The van der Waals surface area contributed by atoms with Crippen LogP contribution in [0.5, 0.6) is 0 Å². The summed E-state index contributed by atoms with van der Waals surface area (Å²) >= 11 is 0. The van der Waals surface area contributed by atoms with Crippen molar-refractivity contribution >= 4 is 43.5 Å². The highest BCUT2D eigenvalue weighted by Crippen LogP contribution is 2.44. The largest absolute Gasteiger partial charge is 0.0722 e. The van der Waals surface area contributed by atoms with E-state index >= 15 is 0 Å². The first-order valence-electron chi connectivity index (χ1n) is 12.9. The van der Waals surface area contributed by atoms with Gasteiger partial charge in [-0.1, -0.05) is 146 Å². The number of benzene rings is 6. The molecular weight excluding hydrogens is 444 g/mol. The Hall–Kier alpha value is -4.68. The van der Waals surface area contributed by atoms with Gasteiger partial charge in [0.15, 0.2) is 0 Å². The maximum absolute atomic E-state index is 2.40. The minimum Gasteiger partial charge on any atom is -0.0722 e. The quantitative estimate of drug-likeness (QED) is 0.226. The SMILES string of the molecule is C1=CC(c2c3ccccc3c(-c3cccc4ccccc34)c3ccccc23)=CCC(c2ccccc2)=C1. The Bertz CT molecular complexity index is 1820. The van der Waals surface area contributed by atoms with Gasteiger partial charge in [0.2, 0.25) is 0 Å². The monoisotopic (exact) mass is 470 g/mol. The van der Waals surface area contributed by atoms with Crippen LogP contribution in [0.4, 0.5) is 0 Å². The number of rotatable bonds is 3. The molecule has 1 aliphatic rings. The van der Waals surface area contributed by atoms with Crippen LogP contribution < -0.4 is 0 Å². The highest BCUT2D eigenvalue weighted by molar-refractivity contribution is 6.21. The minimum atomic E-state index is 0.903. The van der Waals surface area contributed by atoms with Crippen molar-refractivity contribution < 1.29 is 0 Å². The average molecular weight is 471 g/mol. The molecule has 0 radical (unpaired) electrons. The van der Waals surface area contributed by atoms with E-state index in [1.807, 2.05) is 0 Å². The number of hydrogen-bond donors (Lipinski definition) is 0. The molecule has 0 N–H and O–H groups in total. The molecule has 7 rings (SSSR count). The van der Waals surface area contributed by atoms with Crippen molar-refractivity contribution in [3.63, 3.8) is 0 Å². The highest BCUT2D eigenvalue weighted by atomic mass is 14.2. The van der Waals surface area contributed by atoms with Gasteiger partial charge in [0.25, 0.3) is 0 Å². The predicted octanol–water partition coefficient (Wildman–Crippen LogP) is 10.2. The van der Waals surface area contributed by atoms with Crippen molar-refractivity contribution in [2.75, 3.05) is 0 Å². The number of fused-ring (bicyclic) bond motifs is 3. The molecule has 0 amide bonds. The number of hydrogen-bond acceptors (Lipinski definition) is 0. The lowest BCUT2D eigenvalue weighted by atomic mass is 9.84. The molecule has 0 fully saturated rings. The molecule has 0 saturated heterocycles. The van der Waals surface area contributed by atoms with Crippen LogP contribution in [0.15, 0.2) is 146 Å². The van der Waals surface area contributed by atoms with Gasteiger partial charge < -0.3 is 0 Å². The third-order valence-electron chi connectivity index (χ3n) is 7.54. The van der Waals surface area contributed by atoms with Gasteiger partial charge in [0, 0.05) is 0 Å². The molecular formula is C37H26. The molecule has 6 aromatic carbocycles. The second-order valence-corrected chi connectivity index (χ2v) is 9.65. The summed E-state index contributed by atoms with van der Waals surface area (Å²) < 4.78 is 0. The van der Waals surface area contributed by atoms with E-state index in [2.05, 4.69) is 146 Å². The van der Waals surface area contributed by atoms with Crippen molar-refractivity contribution in [2.45, 2.75) is 6.42 Å². The summed E-state index contributed by atoms with van der Waals surface area (Å²) in [5, 5.41) is 7.74. The van der Waals surface area contributed by atoms with E-state index in [4.69, 9.17) is 0 Å². The average Bonchev–Trinajstić information content (AvgIpc) is 3.22. The standard InChI is InChI=1S/C37H26/c1-2-12-26(13-3-1)27-15-10-17-29(25-24-27)36-32-19-6-8-21-34(32)37(35-22-9-7-20-33(35)36)31-23-11-16-28-14-4-5-18-30(28)31/h1-23,25H,24H2. The van der Waals surface area contributed by atoms with E-state index in [1.165, 1.54) is 65.7 Å². The van der Waals surface area contributed by atoms with Crippen LogP contribution in [0.3, 0.4) is 0 Å². The van der Waals surface area contributed by atoms with Gasteiger partial charge in [-0.05, 0) is 72.1 Å². The Morgan fingerprint density at radius 3 is 1.73 bits per heavy atom. The van der Waals surface area contributed by atoms with Gasteiger partial charge >= 0.3 is 0 Å². The van der Waals surface area contributed by atoms with Crippen LogP contribution >= 0.6 is 0 Å². The molecule has 174 valence electrons. The molecule has 0 aliphatic heterocycles. The van der Waals surface area contributed by atoms with Crippen LogP contribution in [0.2, 0.25) is 0 Å². The van der Waals surface area contributed by atoms with E-state index in [-0.39, 0.29) is 0 Å². The summed E-state index contributed by atoms with van der Waals surface area (Å²) in [7, 11) is 0. The zero-order valence-electron chi connectivity index (χ0n) is 20.6. The van der Waals surface area contributed by atoms with Crippen LogP contribution in [-0.4, -0.2) is 0 Å². The molecule has 6 aromatic rings. The lowest BCUT2D eigenvalue weighted by molar-refractivity contribution is 1.40. The van der Waals surface area contributed by atoms with E-state index in [0.29, 0.717) is 0 Å². The highest BCUT2D eigenvalue weighted by Gasteiger charge is 2.18. The summed E-state index contributed by atoms with van der Waals surface area (Å²) in [6, 6.07) is 43.9. The summed E-state index contributed by atoms with van der Waals surface area (Å²) in [6.45, 7) is 0.